The summed E-state index contributed by atoms with van der Waals surface area (Å²) in [5.74, 6) is -0.413. The van der Waals surface area contributed by atoms with Crippen molar-refractivity contribution < 1.29 is 14.0 Å². The number of rotatable bonds is 2. The van der Waals surface area contributed by atoms with E-state index in [4.69, 9.17) is 4.84 Å². The van der Waals surface area contributed by atoms with Crippen LogP contribution < -0.4 is 10.4 Å². The van der Waals surface area contributed by atoms with Crippen LogP contribution in [0.5, 0.6) is 0 Å². The number of carbonyl (C=O) groups is 1. The van der Waals surface area contributed by atoms with Gasteiger partial charge in [-0.3, -0.25) is 9.63 Å². The first kappa shape index (κ1) is 16.1. The maximum Gasteiger partial charge on any atom is 0.255 e. The van der Waals surface area contributed by atoms with Crippen LogP contribution in [0.25, 0.3) is 0 Å². The molecule has 1 N–H and O–H groups in total. The van der Waals surface area contributed by atoms with Crippen molar-refractivity contribution in [3.63, 3.8) is 0 Å². The molecule has 0 unspecified atom stereocenters. The third kappa shape index (κ3) is 2.68. The van der Waals surface area contributed by atoms with Gasteiger partial charge in [-0.2, -0.15) is 0 Å². The largest absolute Gasteiger partial charge is 0.348 e. The predicted octanol–water partition coefficient (Wildman–Crippen LogP) is 3.75. The highest BCUT2D eigenvalue weighted by molar-refractivity contribution is 5.89. The van der Waals surface area contributed by atoms with E-state index in [0.29, 0.717) is 18.4 Å². The lowest BCUT2D eigenvalue weighted by molar-refractivity contribution is -0.137. The summed E-state index contributed by atoms with van der Waals surface area (Å²) in [5, 5.41) is 4.69. The highest BCUT2D eigenvalue weighted by Gasteiger charge is 2.59. The SMILES string of the molecule is CC1(C)C[C@@]2(C[C@H](c3ccccc3F)N(c3ccccc3)O2)C(=O)N1. The molecule has 2 atom stereocenters. The molecule has 4 nitrogen and oxygen atoms in total. The molecule has 4 rings (SSSR count). The van der Waals surface area contributed by atoms with Crippen molar-refractivity contribution >= 4 is 11.6 Å². The van der Waals surface area contributed by atoms with Gasteiger partial charge in [0.2, 0.25) is 0 Å². The first-order valence-electron chi connectivity index (χ1n) is 8.51. The molecule has 5 heteroatoms. The molecule has 0 aromatic heterocycles. The van der Waals surface area contributed by atoms with Crippen LogP contribution in [0.1, 0.15) is 38.3 Å². The van der Waals surface area contributed by atoms with Crippen molar-refractivity contribution in [2.45, 2.75) is 43.9 Å². The van der Waals surface area contributed by atoms with Crippen LogP contribution in [-0.4, -0.2) is 17.0 Å². The molecular weight excluding hydrogens is 319 g/mol. The zero-order chi connectivity index (χ0) is 17.7. The number of halogens is 1. The number of para-hydroxylation sites is 1. The van der Waals surface area contributed by atoms with E-state index >= 15 is 0 Å². The van der Waals surface area contributed by atoms with Crippen molar-refractivity contribution in [1.82, 2.24) is 5.32 Å². The van der Waals surface area contributed by atoms with Crippen molar-refractivity contribution in [1.29, 1.82) is 0 Å². The molecule has 0 radical (unpaired) electrons. The predicted molar refractivity (Wildman–Crippen MR) is 93.3 cm³/mol. The summed E-state index contributed by atoms with van der Waals surface area (Å²) in [4.78, 5) is 18.9. The quantitative estimate of drug-likeness (QED) is 0.905. The van der Waals surface area contributed by atoms with Gasteiger partial charge >= 0.3 is 0 Å². The van der Waals surface area contributed by atoms with Gasteiger partial charge in [-0.05, 0) is 32.0 Å². The Morgan fingerprint density at radius 2 is 1.80 bits per heavy atom. The van der Waals surface area contributed by atoms with Crippen LogP contribution in [-0.2, 0) is 9.63 Å². The number of nitrogens with zero attached hydrogens (tertiary/aromatic N) is 1. The topological polar surface area (TPSA) is 41.6 Å². The van der Waals surface area contributed by atoms with Crippen LogP contribution in [0.2, 0.25) is 0 Å². The molecule has 2 fully saturated rings. The normalized spacial score (nSPS) is 27.7. The van der Waals surface area contributed by atoms with Crippen molar-refractivity contribution in [3.05, 3.63) is 66.0 Å². The second-order valence-electron chi connectivity index (χ2n) is 7.50. The minimum atomic E-state index is -0.966. The maximum atomic E-state index is 14.5. The van der Waals surface area contributed by atoms with E-state index in [1.807, 2.05) is 50.2 Å². The first-order valence-corrected chi connectivity index (χ1v) is 8.51. The molecule has 1 spiro atoms. The average Bonchev–Trinajstić information content (AvgIpc) is 3.05. The Labute approximate surface area is 146 Å². The molecule has 2 saturated heterocycles. The van der Waals surface area contributed by atoms with Gasteiger partial charge in [-0.1, -0.05) is 36.4 Å². The Hall–Kier alpha value is -2.40. The number of hydroxylamine groups is 1. The Bertz CT molecular complexity index is 808. The zero-order valence-electron chi connectivity index (χ0n) is 14.3. The molecule has 2 aromatic rings. The fraction of sp³-hybridized carbons (Fsp3) is 0.350. The molecule has 1 amide bonds. The molecular formula is C20H21FN2O2. The lowest BCUT2D eigenvalue weighted by atomic mass is 9.86. The summed E-state index contributed by atoms with van der Waals surface area (Å²) in [7, 11) is 0. The van der Waals surface area contributed by atoms with Gasteiger partial charge < -0.3 is 5.32 Å². The molecule has 2 aliphatic heterocycles. The molecule has 0 aliphatic carbocycles. The number of nitrogens with one attached hydrogen (secondary N) is 1. The lowest BCUT2D eigenvalue weighted by Crippen LogP contribution is -2.39. The van der Waals surface area contributed by atoms with E-state index in [2.05, 4.69) is 5.32 Å². The molecule has 2 aromatic carbocycles. The second kappa shape index (κ2) is 5.56. The fourth-order valence-electron chi connectivity index (χ4n) is 3.97. The molecule has 2 aliphatic rings. The lowest BCUT2D eigenvalue weighted by Gasteiger charge is -2.26. The zero-order valence-corrected chi connectivity index (χ0v) is 14.3. The summed E-state index contributed by atoms with van der Waals surface area (Å²) in [6, 6.07) is 15.9. The van der Waals surface area contributed by atoms with Crippen LogP contribution in [0, 0.1) is 5.82 Å². The van der Waals surface area contributed by atoms with E-state index < -0.39 is 5.60 Å². The highest BCUT2D eigenvalue weighted by atomic mass is 19.1. The molecule has 0 saturated carbocycles. The summed E-state index contributed by atoms with van der Waals surface area (Å²) in [6.07, 6.45) is 0.964. The summed E-state index contributed by atoms with van der Waals surface area (Å²) in [6.45, 7) is 3.96. The summed E-state index contributed by atoms with van der Waals surface area (Å²) < 4.78 is 14.5. The molecule has 0 bridgehead atoms. The minimum absolute atomic E-state index is 0.128. The highest BCUT2D eigenvalue weighted by Crippen LogP contribution is 2.49. The summed E-state index contributed by atoms with van der Waals surface area (Å²) in [5.41, 5.74) is 0.0430. The van der Waals surface area contributed by atoms with Gasteiger partial charge in [0.1, 0.15) is 5.82 Å². The Morgan fingerprint density at radius 1 is 1.12 bits per heavy atom. The van der Waals surface area contributed by atoms with Gasteiger partial charge in [0.25, 0.3) is 5.91 Å². The Kier molecular flexibility index (Phi) is 3.58. The monoisotopic (exact) mass is 340 g/mol. The Balaban J connectivity index is 1.78. The smallest absolute Gasteiger partial charge is 0.255 e. The van der Waals surface area contributed by atoms with Crippen LogP contribution in [0.15, 0.2) is 54.6 Å². The van der Waals surface area contributed by atoms with Crippen molar-refractivity contribution in [3.8, 4) is 0 Å². The standard InChI is InChI=1S/C20H21FN2O2/c1-19(2)13-20(18(24)22-19)12-17(15-10-6-7-11-16(15)21)23(25-20)14-8-4-3-5-9-14/h3-11,17H,12-13H2,1-2H3,(H,22,24)/t17-,20+/m1/s1. The van der Waals surface area contributed by atoms with Crippen molar-refractivity contribution in [2.75, 3.05) is 5.06 Å². The van der Waals surface area contributed by atoms with Crippen molar-refractivity contribution in [2.24, 2.45) is 0 Å². The Morgan fingerprint density at radius 3 is 2.44 bits per heavy atom. The number of hydrogen-bond acceptors (Lipinski definition) is 3. The molecule has 130 valence electrons. The van der Waals surface area contributed by atoms with Gasteiger partial charge in [-0.15, -0.1) is 0 Å². The first-order chi connectivity index (χ1) is 11.9. The number of anilines is 1. The van der Waals surface area contributed by atoms with Gasteiger partial charge in [0.15, 0.2) is 5.60 Å². The minimum Gasteiger partial charge on any atom is -0.348 e. The third-order valence-electron chi connectivity index (χ3n) is 4.95. The van der Waals surface area contributed by atoms with Crippen LogP contribution in [0.3, 0.4) is 0 Å². The van der Waals surface area contributed by atoms with Gasteiger partial charge in [-0.25, -0.2) is 9.45 Å². The number of benzene rings is 2. The molecule has 25 heavy (non-hydrogen) atoms. The van der Waals surface area contributed by atoms with Gasteiger partial charge in [0, 0.05) is 23.9 Å². The fourth-order valence-corrected chi connectivity index (χ4v) is 3.97. The van der Waals surface area contributed by atoms with Crippen LogP contribution in [0.4, 0.5) is 10.1 Å². The second-order valence-corrected chi connectivity index (χ2v) is 7.50. The van der Waals surface area contributed by atoms with Crippen LogP contribution >= 0.6 is 0 Å². The number of carbonyl (C=O) groups excluding carboxylic acids is 1. The van der Waals surface area contributed by atoms with E-state index in [9.17, 15) is 9.18 Å². The number of amides is 1. The van der Waals surface area contributed by atoms with Gasteiger partial charge in [0.05, 0.1) is 11.7 Å². The van der Waals surface area contributed by atoms with E-state index in [1.54, 1.807) is 17.2 Å². The number of hydrogen-bond donors (Lipinski definition) is 1. The average molecular weight is 340 g/mol. The van der Waals surface area contributed by atoms with E-state index in [1.165, 1.54) is 6.07 Å². The maximum absolute atomic E-state index is 14.5. The summed E-state index contributed by atoms with van der Waals surface area (Å²) >= 11 is 0. The molecule has 2 heterocycles. The van der Waals surface area contributed by atoms with E-state index in [0.717, 1.165) is 5.69 Å². The third-order valence-corrected chi connectivity index (χ3v) is 4.95. The van der Waals surface area contributed by atoms with E-state index in [-0.39, 0.29) is 23.3 Å².